The molecule has 1 unspecified atom stereocenters. The van der Waals surface area contributed by atoms with E-state index in [-0.39, 0.29) is 11.8 Å². The number of nitrogens with zero attached hydrogens (tertiary/aromatic N) is 3. The van der Waals surface area contributed by atoms with Crippen LogP contribution in [-0.2, 0) is 11.3 Å². The molecule has 20 heavy (non-hydrogen) atoms. The molecule has 2 heterocycles. The number of amides is 1. The molecular weight excluding hydrogens is 254 g/mol. The van der Waals surface area contributed by atoms with Gasteiger partial charge in [-0.05, 0) is 24.7 Å². The Morgan fingerprint density at radius 1 is 1.35 bits per heavy atom. The normalized spacial score (nSPS) is 12.1. The van der Waals surface area contributed by atoms with Crippen LogP contribution in [0.2, 0.25) is 0 Å². The Labute approximate surface area is 118 Å². The summed E-state index contributed by atoms with van der Waals surface area (Å²) in [6.07, 6.45) is 5.35. The highest BCUT2D eigenvalue weighted by atomic mass is 16.2. The van der Waals surface area contributed by atoms with E-state index in [1.165, 1.54) is 0 Å². The van der Waals surface area contributed by atoms with Crippen LogP contribution in [0.3, 0.4) is 0 Å². The van der Waals surface area contributed by atoms with Gasteiger partial charge in [-0.1, -0.05) is 6.92 Å². The maximum absolute atomic E-state index is 11.9. The van der Waals surface area contributed by atoms with Crippen molar-refractivity contribution in [3.63, 3.8) is 0 Å². The van der Waals surface area contributed by atoms with Gasteiger partial charge in [-0.25, -0.2) is 0 Å². The van der Waals surface area contributed by atoms with E-state index >= 15 is 0 Å². The van der Waals surface area contributed by atoms with Crippen LogP contribution in [0.4, 0.5) is 5.82 Å². The van der Waals surface area contributed by atoms with Crippen molar-refractivity contribution in [2.75, 3.05) is 18.9 Å². The van der Waals surface area contributed by atoms with Gasteiger partial charge in [0.1, 0.15) is 0 Å². The van der Waals surface area contributed by atoms with Crippen molar-refractivity contribution in [3.05, 3.63) is 42.4 Å². The van der Waals surface area contributed by atoms with Gasteiger partial charge in [0, 0.05) is 37.1 Å². The average molecular weight is 273 g/mol. The minimum atomic E-state index is -0.0923. The third kappa shape index (κ3) is 3.89. The third-order valence-corrected chi connectivity index (χ3v) is 2.94. The van der Waals surface area contributed by atoms with Gasteiger partial charge in [0.2, 0.25) is 5.91 Å². The zero-order chi connectivity index (χ0) is 14.4. The molecule has 0 fully saturated rings. The standard InChI is InChI=1S/C14H19N5O/c1-11(9-15-2)14(20)17-13-5-8-19(18-13)10-12-3-6-16-7-4-12/h3-8,11,15H,9-10H2,1-2H3,(H,17,18,20). The number of anilines is 1. The van der Waals surface area contributed by atoms with Crippen LogP contribution in [0.5, 0.6) is 0 Å². The predicted octanol–water partition coefficient (Wildman–Crippen LogP) is 1.12. The predicted molar refractivity (Wildman–Crippen MR) is 77.3 cm³/mol. The van der Waals surface area contributed by atoms with Crippen LogP contribution >= 0.6 is 0 Å². The van der Waals surface area contributed by atoms with Crippen LogP contribution in [-0.4, -0.2) is 34.3 Å². The first-order valence-corrected chi connectivity index (χ1v) is 6.57. The monoisotopic (exact) mass is 273 g/mol. The first-order chi connectivity index (χ1) is 9.69. The molecule has 0 spiro atoms. The Kier molecular flexibility index (Phi) is 4.84. The highest BCUT2D eigenvalue weighted by Gasteiger charge is 2.13. The van der Waals surface area contributed by atoms with E-state index in [1.54, 1.807) is 23.1 Å². The van der Waals surface area contributed by atoms with Crippen molar-refractivity contribution in [1.82, 2.24) is 20.1 Å². The molecule has 6 heteroatoms. The SMILES string of the molecule is CNCC(C)C(=O)Nc1ccn(Cc2ccncc2)n1. The summed E-state index contributed by atoms with van der Waals surface area (Å²) in [4.78, 5) is 15.8. The summed E-state index contributed by atoms with van der Waals surface area (Å²) in [5.41, 5.74) is 1.12. The lowest BCUT2D eigenvalue weighted by Crippen LogP contribution is -2.28. The molecule has 0 radical (unpaired) electrons. The molecule has 0 aromatic carbocycles. The number of carbonyl (C=O) groups is 1. The van der Waals surface area contributed by atoms with Crippen LogP contribution in [0, 0.1) is 5.92 Å². The minimum absolute atomic E-state index is 0.0338. The lowest BCUT2D eigenvalue weighted by molar-refractivity contribution is -0.119. The van der Waals surface area contributed by atoms with Gasteiger partial charge in [-0.3, -0.25) is 14.5 Å². The molecule has 2 N–H and O–H groups in total. The van der Waals surface area contributed by atoms with Gasteiger partial charge >= 0.3 is 0 Å². The molecule has 1 amide bonds. The summed E-state index contributed by atoms with van der Waals surface area (Å²) in [5, 5.41) is 10.1. The topological polar surface area (TPSA) is 71.8 Å². The van der Waals surface area contributed by atoms with Crippen LogP contribution in [0.15, 0.2) is 36.8 Å². The first kappa shape index (κ1) is 14.2. The number of hydrogen-bond donors (Lipinski definition) is 2. The van der Waals surface area contributed by atoms with E-state index in [9.17, 15) is 4.79 Å². The maximum atomic E-state index is 11.9. The number of nitrogens with one attached hydrogen (secondary N) is 2. The summed E-state index contributed by atoms with van der Waals surface area (Å²) in [7, 11) is 1.83. The zero-order valence-electron chi connectivity index (χ0n) is 11.7. The molecule has 106 valence electrons. The lowest BCUT2D eigenvalue weighted by Gasteiger charge is -2.09. The molecule has 2 rings (SSSR count). The van der Waals surface area contributed by atoms with Crippen LogP contribution in [0.1, 0.15) is 12.5 Å². The highest BCUT2D eigenvalue weighted by Crippen LogP contribution is 2.07. The molecule has 2 aromatic heterocycles. The van der Waals surface area contributed by atoms with E-state index in [1.807, 2.05) is 32.3 Å². The fourth-order valence-electron chi connectivity index (χ4n) is 1.84. The smallest absolute Gasteiger partial charge is 0.229 e. The van der Waals surface area contributed by atoms with Crippen molar-refractivity contribution in [2.45, 2.75) is 13.5 Å². The fourth-order valence-corrected chi connectivity index (χ4v) is 1.84. The second-order valence-electron chi connectivity index (χ2n) is 4.70. The number of pyridine rings is 1. The molecule has 0 aliphatic heterocycles. The van der Waals surface area contributed by atoms with E-state index in [0.717, 1.165) is 5.56 Å². The maximum Gasteiger partial charge on any atom is 0.229 e. The molecule has 0 saturated heterocycles. The average Bonchev–Trinajstić information content (AvgIpc) is 2.87. The second-order valence-corrected chi connectivity index (χ2v) is 4.70. The van der Waals surface area contributed by atoms with E-state index in [2.05, 4.69) is 20.7 Å². The van der Waals surface area contributed by atoms with Crippen LogP contribution in [0.25, 0.3) is 0 Å². The number of aromatic nitrogens is 3. The zero-order valence-corrected chi connectivity index (χ0v) is 11.7. The Hall–Kier alpha value is -2.21. The third-order valence-electron chi connectivity index (χ3n) is 2.94. The van der Waals surface area contributed by atoms with E-state index in [0.29, 0.717) is 18.9 Å². The van der Waals surface area contributed by atoms with Crippen molar-refractivity contribution in [3.8, 4) is 0 Å². The number of carbonyl (C=O) groups excluding carboxylic acids is 1. The molecule has 0 saturated carbocycles. The Bertz CT molecular complexity index is 552. The summed E-state index contributed by atoms with van der Waals surface area (Å²) in [6, 6.07) is 5.68. The fraction of sp³-hybridized carbons (Fsp3) is 0.357. The first-order valence-electron chi connectivity index (χ1n) is 6.57. The lowest BCUT2D eigenvalue weighted by atomic mass is 10.1. The number of rotatable bonds is 6. The van der Waals surface area contributed by atoms with Crippen molar-refractivity contribution in [2.24, 2.45) is 5.92 Å². The van der Waals surface area contributed by atoms with Gasteiger partial charge in [-0.2, -0.15) is 5.10 Å². The second kappa shape index (κ2) is 6.81. The molecule has 1 atom stereocenters. The Balaban J connectivity index is 1.94. The Morgan fingerprint density at radius 3 is 2.80 bits per heavy atom. The molecule has 0 aliphatic carbocycles. The highest BCUT2D eigenvalue weighted by molar-refractivity contribution is 5.91. The van der Waals surface area contributed by atoms with E-state index < -0.39 is 0 Å². The van der Waals surface area contributed by atoms with Crippen molar-refractivity contribution < 1.29 is 4.79 Å². The van der Waals surface area contributed by atoms with Crippen molar-refractivity contribution in [1.29, 1.82) is 0 Å². The molecule has 0 bridgehead atoms. The molecular formula is C14H19N5O. The summed E-state index contributed by atoms with van der Waals surface area (Å²) in [5.74, 6) is 0.450. The molecule has 6 nitrogen and oxygen atoms in total. The van der Waals surface area contributed by atoms with Crippen molar-refractivity contribution >= 4 is 11.7 Å². The van der Waals surface area contributed by atoms with E-state index in [4.69, 9.17) is 0 Å². The summed E-state index contributed by atoms with van der Waals surface area (Å²) in [6.45, 7) is 3.17. The Morgan fingerprint density at radius 2 is 2.10 bits per heavy atom. The largest absolute Gasteiger partial charge is 0.319 e. The quantitative estimate of drug-likeness (QED) is 0.827. The van der Waals surface area contributed by atoms with Crippen LogP contribution < -0.4 is 10.6 Å². The van der Waals surface area contributed by atoms with Gasteiger partial charge in [0.15, 0.2) is 5.82 Å². The van der Waals surface area contributed by atoms with Gasteiger partial charge in [0.25, 0.3) is 0 Å². The van der Waals surface area contributed by atoms with Gasteiger partial charge in [0.05, 0.1) is 6.54 Å². The summed E-state index contributed by atoms with van der Waals surface area (Å²) >= 11 is 0. The molecule has 2 aromatic rings. The minimum Gasteiger partial charge on any atom is -0.319 e. The number of hydrogen-bond acceptors (Lipinski definition) is 4. The molecule has 0 aliphatic rings. The van der Waals surface area contributed by atoms with Gasteiger partial charge < -0.3 is 10.6 Å². The van der Waals surface area contributed by atoms with Gasteiger partial charge in [-0.15, -0.1) is 0 Å². The summed E-state index contributed by atoms with van der Waals surface area (Å²) < 4.78 is 1.79.